The summed E-state index contributed by atoms with van der Waals surface area (Å²) in [4.78, 5) is 26.2. The lowest BCUT2D eigenvalue weighted by Gasteiger charge is -2.31. The average molecular weight is 353 g/mol. The van der Waals surface area contributed by atoms with Gasteiger partial charge in [-0.05, 0) is 37.3 Å². The fourth-order valence-corrected chi connectivity index (χ4v) is 2.57. The van der Waals surface area contributed by atoms with Crippen LogP contribution in [-0.2, 0) is 0 Å². The molecule has 0 aliphatic carbocycles. The van der Waals surface area contributed by atoms with Crippen LogP contribution in [0.3, 0.4) is 0 Å². The topological polar surface area (TPSA) is 67.2 Å². The average Bonchev–Trinajstić information content (AvgIpc) is 2.55. The SMILES string of the molecule is CC1CN(C(=O)c2ccc(=O)n(-c3ccc(F)cc3)n2)CCN1.Cl. The van der Waals surface area contributed by atoms with Crippen LogP contribution in [0.1, 0.15) is 17.4 Å². The van der Waals surface area contributed by atoms with Gasteiger partial charge >= 0.3 is 0 Å². The maximum atomic E-state index is 13.0. The maximum Gasteiger partial charge on any atom is 0.274 e. The molecule has 0 bridgehead atoms. The first-order valence-corrected chi connectivity index (χ1v) is 7.43. The number of nitrogens with one attached hydrogen (secondary N) is 1. The second-order valence-corrected chi connectivity index (χ2v) is 5.55. The van der Waals surface area contributed by atoms with Crippen molar-refractivity contribution >= 4 is 18.3 Å². The molecule has 24 heavy (non-hydrogen) atoms. The van der Waals surface area contributed by atoms with Crippen molar-refractivity contribution in [2.45, 2.75) is 13.0 Å². The molecular weight excluding hydrogens is 335 g/mol. The second kappa shape index (κ2) is 7.55. The first-order chi connectivity index (χ1) is 11.0. The zero-order chi connectivity index (χ0) is 16.4. The van der Waals surface area contributed by atoms with Gasteiger partial charge in [0.1, 0.15) is 11.5 Å². The van der Waals surface area contributed by atoms with Crippen molar-refractivity contribution in [1.82, 2.24) is 20.0 Å². The van der Waals surface area contributed by atoms with Crippen LogP contribution in [0.25, 0.3) is 5.69 Å². The Balaban J connectivity index is 0.00000208. The summed E-state index contributed by atoms with van der Waals surface area (Å²) >= 11 is 0. The molecule has 1 aromatic heterocycles. The van der Waals surface area contributed by atoms with E-state index in [1.54, 1.807) is 4.90 Å². The number of amides is 1. The summed E-state index contributed by atoms with van der Waals surface area (Å²) in [6.07, 6.45) is 0. The van der Waals surface area contributed by atoms with Crippen LogP contribution in [0.15, 0.2) is 41.2 Å². The smallest absolute Gasteiger partial charge is 0.274 e. The van der Waals surface area contributed by atoms with E-state index in [9.17, 15) is 14.0 Å². The van der Waals surface area contributed by atoms with Gasteiger partial charge in [-0.1, -0.05) is 0 Å². The molecule has 1 amide bonds. The van der Waals surface area contributed by atoms with Crippen LogP contribution < -0.4 is 10.9 Å². The molecule has 1 aromatic carbocycles. The highest BCUT2D eigenvalue weighted by Gasteiger charge is 2.23. The number of benzene rings is 1. The van der Waals surface area contributed by atoms with Gasteiger partial charge in [-0.15, -0.1) is 12.4 Å². The number of hydrogen-bond acceptors (Lipinski definition) is 4. The quantitative estimate of drug-likeness (QED) is 0.882. The molecular formula is C16H18ClFN4O2. The Labute approximate surface area is 144 Å². The van der Waals surface area contributed by atoms with Crippen molar-refractivity contribution < 1.29 is 9.18 Å². The summed E-state index contributed by atoms with van der Waals surface area (Å²) in [6, 6.07) is 8.34. The highest BCUT2D eigenvalue weighted by molar-refractivity contribution is 5.92. The molecule has 1 saturated heterocycles. The molecule has 1 N–H and O–H groups in total. The van der Waals surface area contributed by atoms with Gasteiger partial charge in [0, 0.05) is 31.7 Å². The zero-order valence-electron chi connectivity index (χ0n) is 13.1. The van der Waals surface area contributed by atoms with E-state index in [2.05, 4.69) is 10.4 Å². The van der Waals surface area contributed by atoms with Gasteiger partial charge in [0.05, 0.1) is 5.69 Å². The van der Waals surface area contributed by atoms with Gasteiger partial charge in [0.25, 0.3) is 11.5 Å². The minimum absolute atomic E-state index is 0. The molecule has 1 aliphatic heterocycles. The second-order valence-electron chi connectivity index (χ2n) is 5.55. The number of hydrogen-bond donors (Lipinski definition) is 1. The van der Waals surface area contributed by atoms with Crippen LogP contribution in [0.4, 0.5) is 4.39 Å². The molecule has 1 unspecified atom stereocenters. The van der Waals surface area contributed by atoms with E-state index in [0.29, 0.717) is 18.8 Å². The lowest BCUT2D eigenvalue weighted by molar-refractivity contribution is 0.0701. The highest BCUT2D eigenvalue weighted by Crippen LogP contribution is 2.08. The molecule has 1 atom stereocenters. The molecule has 1 fully saturated rings. The number of nitrogens with zero attached hydrogens (tertiary/aromatic N) is 3. The van der Waals surface area contributed by atoms with Gasteiger partial charge in [0.15, 0.2) is 0 Å². The Kier molecular flexibility index (Phi) is 5.69. The molecule has 6 nitrogen and oxygen atoms in total. The lowest BCUT2D eigenvalue weighted by Crippen LogP contribution is -2.51. The van der Waals surface area contributed by atoms with E-state index in [4.69, 9.17) is 0 Å². The Bertz CT molecular complexity index is 778. The molecule has 0 spiro atoms. The lowest BCUT2D eigenvalue weighted by atomic mass is 10.2. The van der Waals surface area contributed by atoms with Crippen LogP contribution in [0, 0.1) is 5.82 Å². The summed E-state index contributed by atoms with van der Waals surface area (Å²) in [5, 5.41) is 7.41. The first kappa shape index (κ1) is 18.1. The molecule has 0 radical (unpaired) electrons. The van der Waals surface area contributed by atoms with E-state index in [1.165, 1.54) is 36.4 Å². The summed E-state index contributed by atoms with van der Waals surface area (Å²) < 4.78 is 14.1. The van der Waals surface area contributed by atoms with E-state index in [0.717, 1.165) is 11.2 Å². The monoisotopic (exact) mass is 352 g/mol. The number of rotatable bonds is 2. The van der Waals surface area contributed by atoms with Gasteiger partial charge < -0.3 is 10.2 Å². The Morgan fingerprint density at radius 2 is 1.96 bits per heavy atom. The maximum absolute atomic E-state index is 13.0. The fraction of sp³-hybridized carbons (Fsp3) is 0.312. The standard InChI is InChI=1S/C16H17FN4O2.ClH/c1-11-10-20(9-8-18-11)16(23)14-6-7-15(22)21(19-14)13-4-2-12(17)3-5-13;/h2-7,11,18H,8-10H2,1H3;1H. The Hall–Kier alpha value is -2.25. The van der Waals surface area contributed by atoms with Crippen molar-refractivity contribution in [2.24, 2.45) is 0 Å². The summed E-state index contributed by atoms with van der Waals surface area (Å²) in [7, 11) is 0. The highest BCUT2D eigenvalue weighted by atomic mass is 35.5. The Morgan fingerprint density at radius 3 is 2.62 bits per heavy atom. The summed E-state index contributed by atoms with van der Waals surface area (Å²) in [6.45, 7) is 3.92. The minimum atomic E-state index is -0.399. The van der Waals surface area contributed by atoms with Crippen LogP contribution in [0.5, 0.6) is 0 Å². The van der Waals surface area contributed by atoms with Crippen molar-refractivity contribution in [3.05, 3.63) is 58.3 Å². The van der Waals surface area contributed by atoms with Gasteiger partial charge in [0.2, 0.25) is 0 Å². The Morgan fingerprint density at radius 1 is 1.25 bits per heavy atom. The molecule has 128 valence electrons. The number of halogens is 2. The van der Waals surface area contributed by atoms with Gasteiger partial charge in [-0.2, -0.15) is 9.78 Å². The number of aromatic nitrogens is 2. The third kappa shape index (κ3) is 3.80. The normalized spacial score (nSPS) is 17.2. The first-order valence-electron chi connectivity index (χ1n) is 7.43. The van der Waals surface area contributed by atoms with Gasteiger partial charge in [-0.25, -0.2) is 4.39 Å². The molecule has 3 rings (SSSR count). The zero-order valence-corrected chi connectivity index (χ0v) is 13.9. The summed E-state index contributed by atoms with van der Waals surface area (Å²) in [5.74, 6) is -0.613. The molecule has 2 aromatic rings. The third-order valence-corrected chi connectivity index (χ3v) is 3.75. The van der Waals surface area contributed by atoms with Crippen molar-refractivity contribution in [3.8, 4) is 5.69 Å². The predicted octanol–water partition coefficient (Wildman–Crippen LogP) is 1.23. The van der Waals surface area contributed by atoms with E-state index >= 15 is 0 Å². The van der Waals surface area contributed by atoms with Crippen molar-refractivity contribution in [3.63, 3.8) is 0 Å². The molecule has 1 aliphatic rings. The number of carbonyl (C=O) groups is 1. The predicted molar refractivity (Wildman–Crippen MR) is 90.4 cm³/mol. The summed E-state index contributed by atoms with van der Waals surface area (Å²) in [5.41, 5.74) is 0.240. The largest absolute Gasteiger partial charge is 0.334 e. The molecule has 2 heterocycles. The third-order valence-electron chi connectivity index (χ3n) is 3.75. The van der Waals surface area contributed by atoms with Crippen molar-refractivity contribution in [2.75, 3.05) is 19.6 Å². The number of piperazine rings is 1. The van der Waals surface area contributed by atoms with Crippen molar-refractivity contribution in [1.29, 1.82) is 0 Å². The van der Waals surface area contributed by atoms with E-state index < -0.39 is 5.82 Å². The number of carbonyl (C=O) groups excluding carboxylic acids is 1. The van der Waals surface area contributed by atoms with Crippen LogP contribution in [0.2, 0.25) is 0 Å². The fourth-order valence-electron chi connectivity index (χ4n) is 2.57. The molecule has 0 saturated carbocycles. The van der Waals surface area contributed by atoms with E-state index in [-0.39, 0.29) is 35.6 Å². The van der Waals surface area contributed by atoms with Gasteiger partial charge in [-0.3, -0.25) is 9.59 Å². The van der Waals surface area contributed by atoms with E-state index in [1.807, 2.05) is 6.92 Å². The molecule has 8 heteroatoms. The van der Waals surface area contributed by atoms with Crippen LogP contribution >= 0.6 is 12.4 Å². The van der Waals surface area contributed by atoms with Crippen LogP contribution in [-0.4, -0.2) is 46.3 Å². The minimum Gasteiger partial charge on any atom is -0.334 e.